The van der Waals surface area contributed by atoms with Crippen molar-refractivity contribution in [1.29, 1.82) is 5.26 Å². The first-order chi connectivity index (χ1) is 16.8. The van der Waals surface area contributed by atoms with Crippen molar-refractivity contribution in [1.82, 2.24) is 0 Å². The number of rotatable bonds is 9. The van der Waals surface area contributed by atoms with E-state index in [1.807, 2.05) is 18.2 Å². The van der Waals surface area contributed by atoms with Crippen LogP contribution in [-0.4, -0.2) is 25.1 Å². The minimum absolute atomic E-state index is 0.0661. The zero-order chi connectivity index (χ0) is 25.4. The van der Waals surface area contributed by atoms with Crippen LogP contribution in [0.3, 0.4) is 0 Å². The molecule has 3 aromatic carbocycles. The molecule has 9 nitrogen and oxygen atoms in total. The van der Waals surface area contributed by atoms with E-state index in [-0.39, 0.29) is 22.7 Å². The average Bonchev–Trinajstić information content (AvgIpc) is 2.87. The molecule has 178 valence electrons. The van der Waals surface area contributed by atoms with Gasteiger partial charge in [-0.2, -0.15) is 5.26 Å². The van der Waals surface area contributed by atoms with Crippen molar-refractivity contribution < 1.29 is 23.9 Å². The lowest BCUT2D eigenvalue weighted by atomic mass is 10.1. The molecule has 0 saturated heterocycles. The summed E-state index contributed by atoms with van der Waals surface area (Å²) in [4.78, 5) is 23.2. The number of hydrogen-bond acceptors (Lipinski definition) is 7. The van der Waals surface area contributed by atoms with E-state index in [2.05, 4.69) is 5.32 Å². The maximum Gasteiger partial charge on any atom is 0.271 e. The molecule has 0 saturated carbocycles. The number of nitro groups is 1. The summed E-state index contributed by atoms with van der Waals surface area (Å²) >= 11 is 5.90. The number of carbonyl (C=O) groups is 1. The maximum absolute atomic E-state index is 12.7. The van der Waals surface area contributed by atoms with E-state index < -0.39 is 10.8 Å². The van der Waals surface area contributed by atoms with E-state index in [0.717, 1.165) is 11.6 Å². The Morgan fingerprint density at radius 1 is 1.06 bits per heavy atom. The molecule has 0 aliphatic rings. The molecule has 0 fully saturated rings. The number of hydrogen-bond donors (Lipinski definition) is 1. The molecule has 10 heteroatoms. The molecule has 0 bridgehead atoms. The minimum atomic E-state index is -0.756. The van der Waals surface area contributed by atoms with E-state index in [1.165, 1.54) is 32.4 Å². The van der Waals surface area contributed by atoms with E-state index in [4.69, 9.17) is 25.8 Å². The lowest BCUT2D eigenvalue weighted by Crippen LogP contribution is -2.14. The van der Waals surface area contributed by atoms with Crippen molar-refractivity contribution in [3.05, 3.63) is 92.5 Å². The quantitative estimate of drug-likeness (QED) is 0.183. The molecule has 0 unspecified atom stereocenters. The molecular weight excluding hydrogens is 474 g/mol. The van der Waals surface area contributed by atoms with Crippen molar-refractivity contribution in [2.75, 3.05) is 19.5 Å². The normalized spacial score (nSPS) is 10.7. The lowest BCUT2D eigenvalue weighted by molar-refractivity contribution is -0.384. The molecule has 0 aliphatic heterocycles. The molecule has 0 aromatic heterocycles. The van der Waals surface area contributed by atoms with Gasteiger partial charge in [0.2, 0.25) is 0 Å². The van der Waals surface area contributed by atoms with Gasteiger partial charge >= 0.3 is 0 Å². The van der Waals surface area contributed by atoms with Crippen molar-refractivity contribution in [3.63, 3.8) is 0 Å². The fraction of sp³-hybridized carbons (Fsp3) is 0.120. The Hall–Kier alpha value is -4.55. The molecule has 35 heavy (non-hydrogen) atoms. The summed E-state index contributed by atoms with van der Waals surface area (Å²) < 4.78 is 16.4. The van der Waals surface area contributed by atoms with Crippen LogP contribution < -0.4 is 19.5 Å². The Bertz CT molecular complexity index is 1320. The number of non-ortho nitro benzene ring substituents is 1. The predicted molar refractivity (Wildman–Crippen MR) is 131 cm³/mol. The second-order valence-electron chi connectivity index (χ2n) is 7.09. The highest BCUT2D eigenvalue weighted by Crippen LogP contribution is 2.31. The molecule has 3 aromatic rings. The fourth-order valence-corrected chi connectivity index (χ4v) is 3.17. The van der Waals surface area contributed by atoms with Gasteiger partial charge in [0.1, 0.15) is 24.0 Å². The van der Waals surface area contributed by atoms with Crippen LogP contribution in [0.5, 0.6) is 17.2 Å². The Balaban J connectivity index is 1.79. The van der Waals surface area contributed by atoms with Crippen LogP contribution in [0.15, 0.2) is 66.2 Å². The number of methoxy groups -OCH3 is 2. The molecule has 3 rings (SSSR count). The fourth-order valence-electron chi connectivity index (χ4n) is 3.05. The topological polar surface area (TPSA) is 124 Å². The highest BCUT2D eigenvalue weighted by Gasteiger charge is 2.17. The number of anilines is 1. The number of nitrogens with zero attached hydrogens (tertiary/aromatic N) is 2. The van der Waals surface area contributed by atoms with Crippen molar-refractivity contribution in [2.45, 2.75) is 6.61 Å². The van der Waals surface area contributed by atoms with Crippen molar-refractivity contribution in [2.24, 2.45) is 0 Å². The summed E-state index contributed by atoms with van der Waals surface area (Å²) in [6.45, 7) is 0.291. The van der Waals surface area contributed by atoms with Gasteiger partial charge in [-0.05, 0) is 47.5 Å². The first kappa shape index (κ1) is 25.1. The predicted octanol–water partition coefficient (Wildman–Crippen LogP) is 5.39. The van der Waals surface area contributed by atoms with Gasteiger partial charge in [-0.3, -0.25) is 14.9 Å². The third-order valence-electron chi connectivity index (χ3n) is 4.81. The zero-order valence-corrected chi connectivity index (χ0v) is 19.5. The highest BCUT2D eigenvalue weighted by molar-refractivity contribution is 6.30. The molecule has 0 aliphatic carbocycles. The van der Waals surface area contributed by atoms with Gasteiger partial charge in [-0.1, -0.05) is 29.8 Å². The third kappa shape index (κ3) is 6.50. The molecule has 0 atom stereocenters. The van der Waals surface area contributed by atoms with Crippen LogP contribution >= 0.6 is 11.6 Å². The molecule has 0 spiro atoms. The second-order valence-corrected chi connectivity index (χ2v) is 7.53. The van der Waals surface area contributed by atoms with Crippen molar-refractivity contribution >= 4 is 35.0 Å². The van der Waals surface area contributed by atoms with Crippen LogP contribution in [0.1, 0.15) is 11.1 Å². The molecule has 1 N–H and O–H groups in total. The van der Waals surface area contributed by atoms with Gasteiger partial charge in [0.25, 0.3) is 11.6 Å². The summed E-state index contributed by atoms with van der Waals surface area (Å²) in [5.74, 6) is 0.341. The minimum Gasteiger partial charge on any atom is -0.495 e. The van der Waals surface area contributed by atoms with Gasteiger partial charge in [-0.15, -0.1) is 0 Å². The number of amides is 1. The van der Waals surface area contributed by atoms with Gasteiger partial charge in [0.15, 0.2) is 11.5 Å². The summed E-state index contributed by atoms with van der Waals surface area (Å²) in [6, 6.07) is 17.8. The summed E-state index contributed by atoms with van der Waals surface area (Å²) in [6.07, 6.45) is 1.37. The maximum atomic E-state index is 12.7. The number of nitrogens with one attached hydrogen (secondary N) is 1. The van der Waals surface area contributed by atoms with Crippen molar-refractivity contribution in [3.8, 4) is 23.3 Å². The van der Waals surface area contributed by atoms with E-state index >= 15 is 0 Å². The van der Waals surface area contributed by atoms with Gasteiger partial charge < -0.3 is 19.5 Å². The van der Waals surface area contributed by atoms with Gasteiger partial charge in [0.05, 0.1) is 24.8 Å². The number of carbonyl (C=O) groups excluding carboxylic acids is 1. The second kappa shape index (κ2) is 11.5. The Kier molecular flexibility index (Phi) is 8.27. The smallest absolute Gasteiger partial charge is 0.271 e. The van der Waals surface area contributed by atoms with E-state index in [9.17, 15) is 20.2 Å². The summed E-state index contributed by atoms with van der Waals surface area (Å²) in [5, 5.41) is 23.7. The van der Waals surface area contributed by atoms with Crippen LogP contribution in [0.2, 0.25) is 5.02 Å². The molecule has 0 radical (unpaired) electrons. The monoisotopic (exact) mass is 493 g/mol. The Labute approximate surface area is 206 Å². The Morgan fingerprint density at radius 3 is 2.37 bits per heavy atom. The van der Waals surface area contributed by atoms with Gasteiger partial charge in [-0.25, -0.2) is 0 Å². The first-order valence-corrected chi connectivity index (χ1v) is 10.5. The summed E-state index contributed by atoms with van der Waals surface area (Å²) in [5.41, 5.74) is 1.04. The molecular formula is C25H20ClN3O6. The number of halogens is 1. The van der Waals surface area contributed by atoms with Gasteiger partial charge in [0, 0.05) is 17.2 Å². The third-order valence-corrected chi connectivity index (χ3v) is 5.07. The SMILES string of the molecule is COc1ccc([N+](=O)[O-])cc1NC(=O)/C(C#N)=C/c1ccc(OCc2ccc(Cl)cc2)c(OC)c1. The number of nitro benzene ring substituents is 1. The lowest BCUT2D eigenvalue weighted by Gasteiger charge is -2.12. The zero-order valence-electron chi connectivity index (χ0n) is 18.8. The van der Waals surface area contributed by atoms with E-state index in [1.54, 1.807) is 30.3 Å². The first-order valence-electron chi connectivity index (χ1n) is 10.2. The van der Waals surface area contributed by atoms with Crippen LogP contribution in [-0.2, 0) is 11.4 Å². The van der Waals surface area contributed by atoms with E-state index in [0.29, 0.717) is 28.7 Å². The number of nitriles is 1. The largest absolute Gasteiger partial charge is 0.495 e. The standard InChI is InChI=1S/C25H20ClN3O6/c1-33-22-10-8-20(29(31)32)13-21(22)28-25(30)18(14-27)11-17-5-9-23(24(12-17)34-2)35-15-16-3-6-19(26)7-4-16/h3-13H,15H2,1-2H3,(H,28,30)/b18-11+. The van der Waals surface area contributed by atoms with Crippen LogP contribution in [0.4, 0.5) is 11.4 Å². The molecule has 1 amide bonds. The van der Waals surface area contributed by atoms with Crippen LogP contribution in [0, 0.1) is 21.4 Å². The Morgan fingerprint density at radius 2 is 1.74 bits per heavy atom. The highest BCUT2D eigenvalue weighted by atomic mass is 35.5. The number of ether oxygens (including phenoxy) is 3. The summed E-state index contributed by atoms with van der Waals surface area (Å²) in [7, 11) is 2.84. The molecule has 0 heterocycles. The number of benzene rings is 3. The van der Waals surface area contributed by atoms with Crippen LogP contribution in [0.25, 0.3) is 6.08 Å². The average molecular weight is 494 g/mol.